The largest absolute Gasteiger partial charge is 0.481 e. The number of carboxylic acid groups (broad SMARTS) is 1. The van der Waals surface area contributed by atoms with E-state index in [-0.39, 0.29) is 5.12 Å². The van der Waals surface area contributed by atoms with Gasteiger partial charge in [-0.25, -0.2) is 0 Å². The van der Waals surface area contributed by atoms with Gasteiger partial charge in [-0.15, -0.1) is 0 Å². The smallest absolute Gasteiger partial charge is 0.307 e. The number of benzene rings is 1. The van der Waals surface area contributed by atoms with E-state index in [0.717, 1.165) is 23.3 Å². The van der Waals surface area contributed by atoms with E-state index in [0.29, 0.717) is 12.2 Å². The van der Waals surface area contributed by atoms with Crippen molar-refractivity contribution in [2.24, 2.45) is 5.92 Å². The molecule has 5 heteroatoms. The van der Waals surface area contributed by atoms with E-state index in [1.54, 1.807) is 11.8 Å². The van der Waals surface area contributed by atoms with Gasteiger partial charge in [0, 0.05) is 18.4 Å². The first kappa shape index (κ1) is 16.1. The van der Waals surface area contributed by atoms with E-state index in [1.807, 2.05) is 18.2 Å². The van der Waals surface area contributed by atoms with Gasteiger partial charge in [0.1, 0.15) is 0 Å². The summed E-state index contributed by atoms with van der Waals surface area (Å²) in [6, 6.07) is 10.1. The van der Waals surface area contributed by atoms with Crippen LogP contribution < -0.4 is 0 Å². The maximum atomic E-state index is 11.0. The summed E-state index contributed by atoms with van der Waals surface area (Å²) >= 11 is 2.82. The zero-order valence-electron chi connectivity index (χ0n) is 10.9. The van der Waals surface area contributed by atoms with Gasteiger partial charge in [0.2, 0.25) is 0 Å². The average molecular weight is 298 g/mol. The average Bonchev–Trinajstić information content (AvgIpc) is 2.38. The van der Waals surface area contributed by atoms with Crippen molar-refractivity contribution < 1.29 is 14.7 Å². The lowest BCUT2D eigenvalue weighted by molar-refractivity contribution is -0.140. The predicted octanol–water partition coefficient (Wildman–Crippen LogP) is 3.29. The van der Waals surface area contributed by atoms with Crippen LogP contribution in [-0.2, 0) is 15.3 Å². The van der Waals surface area contributed by atoms with Crippen molar-refractivity contribution in [2.75, 3.05) is 11.5 Å². The lowest BCUT2D eigenvalue weighted by Crippen LogP contribution is -2.17. The molecule has 1 unspecified atom stereocenters. The van der Waals surface area contributed by atoms with Crippen molar-refractivity contribution >= 4 is 34.6 Å². The minimum atomic E-state index is -0.811. The van der Waals surface area contributed by atoms with Crippen LogP contribution in [-0.4, -0.2) is 27.7 Å². The maximum absolute atomic E-state index is 11.0. The Labute approximate surface area is 122 Å². The lowest BCUT2D eigenvalue weighted by Gasteiger charge is -2.10. The number of aliphatic carboxylic acids is 1. The Morgan fingerprint density at radius 1 is 1.26 bits per heavy atom. The summed E-state index contributed by atoms with van der Waals surface area (Å²) in [5.74, 6) is 0.819. The molecule has 1 aromatic carbocycles. The van der Waals surface area contributed by atoms with Crippen LogP contribution in [0.2, 0.25) is 0 Å². The molecule has 19 heavy (non-hydrogen) atoms. The van der Waals surface area contributed by atoms with E-state index in [2.05, 4.69) is 12.1 Å². The first-order valence-corrected chi connectivity index (χ1v) is 8.21. The van der Waals surface area contributed by atoms with Gasteiger partial charge >= 0.3 is 5.97 Å². The molecular formula is C14H18O3S2. The fourth-order valence-corrected chi connectivity index (χ4v) is 3.25. The molecule has 3 nitrogen and oxygen atoms in total. The number of carbonyl (C=O) groups is 2. The molecule has 0 saturated carbocycles. The molecule has 0 spiro atoms. The van der Waals surface area contributed by atoms with Crippen LogP contribution in [0.3, 0.4) is 0 Å². The number of carboxylic acids is 1. The fraction of sp³-hybridized carbons (Fsp3) is 0.429. The molecule has 0 saturated heterocycles. The first-order valence-electron chi connectivity index (χ1n) is 6.07. The minimum Gasteiger partial charge on any atom is -0.481 e. The normalized spacial score (nSPS) is 12.1. The molecule has 0 radical (unpaired) electrons. The number of rotatable bonds is 8. The molecule has 104 valence electrons. The van der Waals surface area contributed by atoms with E-state index in [4.69, 9.17) is 5.11 Å². The highest BCUT2D eigenvalue weighted by atomic mass is 32.2. The molecule has 0 bridgehead atoms. The van der Waals surface area contributed by atoms with Crippen molar-refractivity contribution in [1.29, 1.82) is 0 Å². The summed E-state index contributed by atoms with van der Waals surface area (Å²) in [6.45, 7) is 1.47. The van der Waals surface area contributed by atoms with Gasteiger partial charge in [-0.2, -0.15) is 11.8 Å². The molecule has 0 aromatic heterocycles. The Hall–Kier alpha value is -0.940. The van der Waals surface area contributed by atoms with Crippen LogP contribution in [0.1, 0.15) is 18.9 Å². The van der Waals surface area contributed by atoms with Gasteiger partial charge in [0.05, 0.1) is 5.92 Å². The van der Waals surface area contributed by atoms with Crippen LogP contribution in [0.15, 0.2) is 30.3 Å². The molecular weight excluding hydrogens is 280 g/mol. The predicted molar refractivity (Wildman–Crippen MR) is 81.5 cm³/mol. The molecule has 0 fully saturated rings. The Bertz CT molecular complexity index is 406. The van der Waals surface area contributed by atoms with Crippen LogP contribution >= 0.6 is 23.5 Å². The third-order valence-electron chi connectivity index (χ3n) is 2.56. The number of carbonyl (C=O) groups excluding carboxylic acids is 1. The minimum absolute atomic E-state index is 0.0248. The molecule has 0 aliphatic carbocycles. The summed E-state index contributed by atoms with van der Waals surface area (Å²) in [7, 11) is 0. The number of thioether (sulfide) groups is 2. The van der Waals surface area contributed by atoms with Crippen LogP contribution in [0, 0.1) is 5.92 Å². The monoisotopic (exact) mass is 298 g/mol. The van der Waals surface area contributed by atoms with Gasteiger partial charge in [0.25, 0.3) is 0 Å². The van der Waals surface area contributed by atoms with Crippen molar-refractivity contribution in [3.8, 4) is 0 Å². The molecule has 0 aliphatic rings. The zero-order chi connectivity index (χ0) is 14.1. The van der Waals surface area contributed by atoms with Gasteiger partial charge in [-0.1, -0.05) is 42.1 Å². The highest BCUT2D eigenvalue weighted by Crippen LogP contribution is 2.19. The Morgan fingerprint density at radius 3 is 2.53 bits per heavy atom. The van der Waals surface area contributed by atoms with Crippen molar-refractivity contribution in [1.82, 2.24) is 0 Å². The molecule has 1 aromatic rings. The van der Waals surface area contributed by atoms with Gasteiger partial charge in [0.15, 0.2) is 5.12 Å². The summed E-state index contributed by atoms with van der Waals surface area (Å²) in [4.78, 5) is 21.9. The Balaban J connectivity index is 2.24. The van der Waals surface area contributed by atoms with Gasteiger partial charge < -0.3 is 5.11 Å². The molecule has 0 amide bonds. The van der Waals surface area contributed by atoms with Crippen LogP contribution in [0.5, 0.6) is 0 Å². The molecule has 0 heterocycles. The highest BCUT2D eigenvalue weighted by Gasteiger charge is 2.17. The van der Waals surface area contributed by atoms with Crippen molar-refractivity contribution in [3.63, 3.8) is 0 Å². The standard InChI is InChI=1S/C14H18O3S2/c1-11(15)19-10-13(14(16)17)7-8-18-9-12-5-3-2-4-6-12/h2-6,13H,7-10H2,1H3,(H,16,17). The number of hydrogen-bond acceptors (Lipinski definition) is 4. The number of hydrogen-bond donors (Lipinski definition) is 1. The van der Waals surface area contributed by atoms with Crippen molar-refractivity contribution in [2.45, 2.75) is 19.1 Å². The van der Waals surface area contributed by atoms with Gasteiger partial charge in [-0.05, 0) is 17.7 Å². The second-order valence-corrected chi connectivity index (χ2v) is 6.47. The lowest BCUT2D eigenvalue weighted by atomic mass is 10.1. The molecule has 1 N–H and O–H groups in total. The zero-order valence-corrected chi connectivity index (χ0v) is 12.5. The Morgan fingerprint density at radius 2 is 1.95 bits per heavy atom. The molecule has 0 aliphatic heterocycles. The van der Waals surface area contributed by atoms with Crippen molar-refractivity contribution in [3.05, 3.63) is 35.9 Å². The third-order valence-corrected chi connectivity index (χ3v) is 4.60. The molecule has 1 atom stereocenters. The second-order valence-electron chi connectivity index (χ2n) is 4.16. The SMILES string of the molecule is CC(=O)SCC(CCSCc1ccccc1)C(=O)O. The fourth-order valence-electron chi connectivity index (χ4n) is 1.49. The summed E-state index contributed by atoms with van der Waals surface area (Å²) in [5, 5.41) is 9.04. The third kappa shape index (κ3) is 7.28. The first-order chi connectivity index (χ1) is 9.09. The summed E-state index contributed by atoms with van der Waals surface area (Å²) in [5.41, 5.74) is 1.25. The highest BCUT2D eigenvalue weighted by molar-refractivity contribution is 8.13. The van der Waals surface area contributed by atoms with Crippen LogP contribution in [0.25, 0.3) is 0 Å². The summed E-state index contributed by atoms with van der Waals surface area (Å²) < 4.78 is 0. The van der Waals surface area contributed by atoms with E-state index < -0.39 is 11.9 Å². The van der Waals surface area contributed by atoms with E-state index in [9.17, 15) is 9.59 Å². The second kappa shape index (κ2) is 9.04. The summed E-state index contributed by atoms with van der Waals surface area (Å²) in [6.07, 6.45) is 0.604. The molecule has 1 rings (SSSR count). The quantitative estimate of drug-likeness (QED) is 0.746. The van der Waals surface area contributed by atoms with Gasteiger partial charge in [-0.3, -0.25) is 9.59 Å². The van der Waals surface area contributed by atoms with E-state index >= 15 is 0 Å². The maximum Gasteiger partial charge on any atom is 0.307 e. The van der Waals surface area contributed by atoms with E-state index in [1.165, 1.54) is 12.5 Å². The Kier molecular flexibility index (Phi) is 7.67. The topological polar surface area (TPSA) is 54.4 Å². The van der Waals surface area contributed by atoms with Crippen LogP contribution in [0.4, 0.5) is 0 Å².